The molecule has 0 amide bonds. The highest BCUT2D eigenvalue weighted by Gasteiger charge is 2.04. The first-order valence-corrected chi connectivity index (χ1v) is 6.57. The van der Waals surface area contributed by atoms with Crippen LogP contribution in [0.5, 0.6) is 0 Å². The molecule has 1 aromatic carbocycles. The van der Waals surface area contributed by atoms with Crippen LogP contribution in [0.3, 0.4) is 0 Å². The van der Waals surface area contributed by atoms with Crippen LogP contribution in [0.15, 0.2) is 52.5 Å². The maximum absolute atomic E-state index is 13.0. The van der Waals surface area contributed by atoms with Crippen molar-refractivity contribution in [2.24, 2.45) is 0 Å². The van der Waals surface area contributed by atoms with Crippen molar-refractivity contribution in [3.05, 3.63) is 54.0 Å². The zero-order valence-electron chi connectivity index (χ0n) is 10.4. The molecule has 2 rings (SSSR count). The van der Waals surface area contributed by atoms with Gasteiger partial charge in [-0.25, -0.2) is 9.37 Å². The lowest BCUT2D eigenvalue weighted by Crippen LogP contribution is -2.12. The molecule has 0 radical (unpaired) electrons. The van der Waals surface area contributed by atoms with Gasteiger partial charge in [0.1, 0.15) is 10.8 Å². The Labute approximate surface area is 111 Å². The highest BCUT2D eigenvalue weighted by Crippen LogP contribution is 2.26. The quantitative estimate of drug-likeness (QED) is 0.910. The van der Waals surface area contributed by atoms with E-state index in [1.54, 1.807) is 6.07 Å². The van der Waals surface area contributed by atoms with Gasteiger partial charge in [0, 0.05) is 17.1 Å². The van der Waals surface area contributed by atoms with Crippen LogP contribution in [0.25, 0.3) is 0 Å². The average Bonchev–Trinajstić information content (AvgIpc) is 2.39. The Hall–Kier alpha value is -1.39. The van der Waals surface area contributed by atoms with Gasteiger partial charge in [-0.2, -0.15) is 0 Å². The van der Waals surface area contributed by atoms with Crippen molar-refractivity contribution in [2.75, 3.05) is 7.05 Å². The largest absolute Gasteiger partial charge is 0.313 e. The van der Waals surface area contributed by atoms with Gasteiger partial charge in [-0.05, 0) is 43.8 Å². The summed E-state index contributed by atoms with van der Waals surface area (Å²) in [6.07, 6.45) is 1.85. The van der Waals surface area contributed by atoms with Gasteiger partial charge in [0.05, 0.1) is 0 Å². The molecule has 0 saturated carbocycles. The van der Waals surface area contributed by atoms with E-state index in [9.17, 15) is 4.39 Å². The zero-order chi connectivity index (χ0) is 13.0. The highest BCUT2D eigenvalue weighted by atomic mass is 32.2. The number of hydrogen-bond acceptors (Lipinski definition) is 3. The fourth-order valence-electron chi connectivity index (χ4n) is 1.53. The number of halogens is 1. The highest BCUT2D eigenvalue weighted by molar-refractivity contribution is 7.99. The third kappa shape index (κ3) is 3.31. The van der Waals surface area contributed by atoms with Gasteiger partial charge >= 0.3 is 0 Å². The summed E-state index contributed by atoms with van der Waals surface area (Å²) in [6, 6.07) is 10.8. The maximum Gasteiger partial charge on any atom is 0.124 e. The minimum Gasteiger partial charge on any atom is -0.313 e. The second-order valence-electron chi connectivity index (χ2n) is 4.00. The Balaban J connectivity index is 2.11. The van der Waals surface area contributed by atoms with Crippen molar-refractivity contribution in [1.82, 2.24) is 10.3 Å². The summed E-state index contributed by atoms with van der Waals surface area (Å²) >= 11 is 1.46. The minimum absolute atomic E-state index is 0.222. The Morgan fingerprint density at radius 3 is 2.72 bits per heavy atom. The Kier molecular flexibility index (Phi) is 4.33. The standard InChI is InChI=1S/C14H15FN2S/c1-10(16-2)11-6-7-14(17-9-11)18-13-5-3-4-12(15)8-13/h3-10,16H,1-2H3. The third-order valence-electron chi connectivity index (χ3n) is 2.71. The van der Waals surface area contributed by atoms with E-state index in [4.69, 9.17) is 0 Å². The van der Waals surface area contributed by atoms with Gasteiger partial charge in [-0.3, -0.25) is 0 Å². The van der Waals surface area contributed by atoms with Gasteiger partial charge in [0.2, 0.25) is 0 Å². The molecule has 2 aromatic rings. The number of benzene rings is 1. The van der Waals surface area contributed by atoms with Gasteiger partial charge in [-0.1, -0.05) is 23.9 Å². The van der Waals surface area contributed by atoms with E-state index in [0.717, 1.165) is 15.5 Å². The molecule has 2 nitrogen and oxygen atoms in total. The monoisotopic (exact) mass is 262 g/mol. The fraction of sp³-hybridized carbons (Fsp3) is 0.214. The number of nitrogens with zero attached hydrogens (tertiary/aromatic N) is 1. The van der Waals surface area contributed by atoms with E-state index in [0.29, 0.717) is 0 Å². The van der Waals surface area contributed by atoms with Crippen LogP contribution in [0, 0.1) is 5.82 Å². The lowest BCUT2D eigenvalue weighted by molar-refractivity contribution is 0.624. The van der Waals surface area contributed by atoms with Crippen molar-refractivity contribution < 1.29 is 4.39 Å². The number of aromatic nitrogens is 1. The first-order chi connectivity index (χ1) is 8.69. The van der Waals surface area contributed by atoms with E-state index >= 15 is 0 Å². The first kappa shape index (κ1) is 13.1. The average molecular weight is 262 g/mol. The molecule has 1 unspecified atom stereocenters. The lowest BCUT2D eigenvalue weighted by atomic mass is 10.1. The van der Waals surface area contributed by atoms with E-state index in [1.807, 2.05) is 31.4 Å². The molecule has 0 aliphatic rings. The summed E-state index contributed by atoms with van der Waals surface area (Å²) in [7, 11) is 1.92. The molecule has 1 N–H and O–H groups in total. The van der Waals surface area contributed by atoms with E-state index in [2.05, 4.69) is 17.2 Å². The summed E-state index contributed by atoms with van der Waals surface area (Å²) in [6.45, 7) is 2.08. The van der Waals surface area contributed by atoms with Crippen molar-refractivity contribution in [3.63, 3.8) is 0 Å². The smallest absolute Gasteiger partial charge is 0.124 e. The van der Waals surface area contributed by atoms with Crippen LogP contribution in [0.2, 0.25) is 0 Å². The molecule has 0 fully saturated rings. The number of rotatable bonds is 4. The molecule has 1 heterocycles. The second-order valence-corrected chi connectivity index (χ2v) is 5.09. The Morgan fingerprint density at radius 1 is 1.28 bits per heavy atom. The molecule has 0 spiro atoms. The predicted molar refractivity (Wildman–Crippen MR) is 72.2 cm³/mol. The van der Waals surface area contributed by atoms with Crippen molar-refractivity contribution >= 4 is 11.8 Å². The normalized spacial score (nSPS) is 12.4. The SMILES string of the molecule is CNC(C)c1ccc(Sc2cccc(F)c2)nc1. The van der Waals surface area contributed by atoms with Crippen molar-refractivity contribution in [3.8, 4) is 0 Å². The summed E-state index contributed by atoms with van der Waals surface area (Å²) < 4.78 is 13.0. The van der Waals surface area contributed by atoms with Crippen LogP contribution < -0.4 is 5.32 Å². The van der Waals surface area contributed by atoms with Gasteiger partial charge in [0.25, 0.3) is 0 Å². The first-order valence-electron chi connectivity index (χ1n) is 5.75. The molecular formula is C14H15FN2S. The molecule has 94 valence electrons. The van der Waals surface area contributed by atoms with Crippen molar-refractivity contribution in [2.45, 2.75) is 22.9 Å². The molecule has 4 heteroatoms. The van der Waals surface area contributed by atoms with Gasteiger partial charge in [-0.15, -0.1) is 0 Å². The third-order valence-corrected chi connectivity index (χ3v) is 3.65. The van der Waals surface area contributed by atoms with E-state index in [-0.39, 0.29) is 11.9 Å². The molecule has 0 aliphatic heterocycles. The molecule has 18 heavy (non-hydrogen) atoms. The van der Waals surface area contributed by atoms with E-state index < -0.39 is 0 Å². The van der Waals surface area contributed by atoms with Crippen LogP contribution >= 0.6 is 11.8 Å². The summed E-state index contributed by atoms with van der Waals surface area (Å²) in [4.78, 5) is 5.23. The summed E-state index contributed by atoms with van der Waals surface area (Å²) in [5.41, 5.74) is 1.14. The van der Waals surface area contributed by atoms with Crippen LogP contribution in [0.1, 0.15) is 18.5 Å². The number of pyridine rings is 1. The van der Waals surface area contributed by atoms with Gasteiger partial charge in [0.15, 0.2) is 0 Å². The van der Waals surface area contributed by atoms with Crippen LogP contribution in [-0.2, 0) is 0 Å². The van der Waals surface area contributed by atoms with E-state index in [1.165, 1.54) is 23.9 Å². The van der Waals surface area contributed by atoms with Gasteiger partial charge < -0.3 is 5.32 Å². The Bertz CT molecular complexity index is 513. The molecular weight excluding hydrogens is 247 g/mol. The predicted octanol–water partition coefficient (Wildman–Crippen LogP) is 3.65. The van der Waals surface area contributed by atoms with Crippen LogP contribution in [-0.4, -0.2) is 12.0 Å². The topological polar surface area (TPSA) is 24.9 Å². The lowest BCUT2D eigenvalue weighted by Gasteiger charge is -2.10. The zero-order valence-corrected chi connectivity index (χ0v) is 11.2. The molecule has 0 aliphatic carbocycles. The minimum atomic E-state index is -0.222. The number of hydrogen-bond donors (Lipinski definition) is 1. The molecule has 1 atom stereocenters. The summed E-state index contributed by atoms with van der Waals surface area (Å²) in [5.74, 6) is -0.222. The Morgan fingerprint density at radius 2 is 2.11 bits per heavy atom. The molecule has 1 aromatic heterocycles. The summed E-state index contributed by atoms with van der Waals surface area (Å²) in [5, 5.41) is 4.03. The molecule has 0 bridgehead atoms. The number of nitrogens with one attached hydrogen (secondary N) is 1. The van der Waals surface area contributed by atoms with Crippen LogP contribution in [0.4, 0.5) is 4.39 Å². The fourth-order valence-corrected chi connectivity index (χ4v) is 2.33. The van der Waals surface area contributed by atoms with Crippen molar-refractivity contribution in [1.29, 1.82) is 0 Å². The maximum atomic E-state index is 13.0. The molecule has 0 saturated heterocycles. The second kappa shape index (κ2) is 5.98.